The summed E-state index contributed by atoms with van der Waals surface area (Å²) in [5, 5.41) is 3.00. The number of halogens is 4. The van der Waals surface area contributed by atoms with E-state index < -0.39 is 12.6 Å². The van der Waals surface area contributed by atoms with Gasteiger partial charge in [0.1, 0.15) is 0 Å². The van der Waals surface area contributed by atoms with Gasteiger partial charge in [0.05, 0.1) is 11.4 Å². The van der Waals surface area contributed by atoms with Crippen molar-refractivity contribution < 1.29 is 13.2 Å². The Bertz CT molecular complexity index is 709. The maximum Gasteiger partial charge on any atom is 0.390 e. The van der Waals surface area contributed by atoms with Gasteiger partial charge in [0, 0.05) is 41.0 Å². The number of alkyl halides is 3. The number of aromatic nitrogens is 1. The molecule has 1 atom stereocenters. The number of nitrogens with zero attached hydrogens (tertiary/aromatic N) is 2. The van der Waals surface area contributed by atoms with Gasteiger partial charge in [-0.05, 0) is 43.0 Å². The summed E-state index contributed by atoms with van der Waals surface area (Å²) in [6, 6.07) is 5.88. The average Bonchev–Trinajstić information content (AvgIpc) is 2.62. The second-order valence-corrected chi connectivity index (χ2v) is 7.80. The van der Waals surface area contributed by atoms with Crippen LogP contribution in [-0.2, 0) is 0 Å². The number of hydrogen-bond acceptors (Lipinski definition) is 3. The van der Waals surface area contributed by atoms with Gasteiger partial charge in [-0.1, -0.05) is 25.4 Å². The number of thioether (sulfide) groups is 1. The van der Waals surface area contributed by atoms with E-state index in [2.05, 4.69) is 4.98 Å². The fraction of sp³-hybridized carbons (Fsp3) is 0.526. The average molecular weight is 405 g/mol. The lowest BCUT2D eigenvalue weighted by atomic mass is 10.1. The molecule has 0 radical (unpaired) electrons. The molecule has 0 bridgehead atoms. The van der Waals surface area contributed by atoms with Crippen molar-refractivity contribution in [2.45, 2.75) is 49.4 Å². The van der Waals surface area contributed by atoms with Crippen molar-refractivity contribution in [2.75, 3.05) is 19.6 Å². The van der Waals surface area contributed by atoms with Crippen molar-refractivity contribution in [3.8, 4) is 0 Å². The lowest BCUT2D eigenvalue weighted by Gasteiger charge is -2.32. The number of benzene rings is 1. The fourth-order valence-corrected chi connectivity index (χ4v) is 4.56. The zero-order chi connectivity index (χ0) is 19.2. The fourth-order valence-electron chi connectivity index (χ4n) is 2.95. The van der Waals surface area contributed by atoms with Crippen molar-refractivity contribution in [2.24, 2.45) is 0 Å². The lowest BCUT2D eigenvalue weighted by Crippen LogP contribution is -2.38. The van der Waals surface area contributed by atoms with Crippen molar-refractivity contribution >= 4 is 34.1 Å². The Morgan fingerprint density at radius 3 is 2.77 bits per heavy atom. The van der Waals surface area contributed by atoms with Gasteiger partial charge in [-0.25, -0.2) is 0 Å². The Balaban J connectivity index is 0.00000117. The van der Waals surface area contributed by atoms with Crippen LogP contribution in [0.15, 0.2) is 35.5 Å². The molecule has 1 saturated heterocycles. The van der Waals surface area contributed by atoms with Crippen LogP contribution in [0.1, 0.15) is 33.1 Å². The minimum Gasteiger partial charge on any atom is -0.302 e. The highest BCUT2D eigenvalue weighted by Crippen LogP contribution is 2.36. The Morgan fingerprint density at radius 2 is 2.04 bits per heavy atom. The van der Waals surface area contributed by atoms with E-state index in [9.17, 15) is 13.2 Å². The molecule has 1 aliphatic heterocycles. The molecule has 1 aromatic heterocycles. The molecular weight excluding hydrogens is 381 g/mol. The van der Waals surface area contributed by atoms with Gasteiger partial charge >= 0.3 is 6.18 Å². The Hall–Kier alpha value is -0.980. The van der Waals surface area contributed by atoms with Crippen molar-refractivity contribution in [3.63, 3.8) is 0 Å². The molecule has 0 spiro atoms. The maximum absolute atomic E-state index is 12.4. The van der Waals surface area contributed by atoms with E-state index in [4.69, 9.17) is 11.6 Å². The third-order valence-corrected chi connectivity index (χ3v) is 5.89. The Kier molecular flexibility index (Phi) is 8.05. The molecule has 1 unspecified atom stereocenters. The number of piperidine rings is 1. The lowest BCUT2D eigenvalue weighted by molar-refractivity contribution is -0.138. The van der Waals surface area contributed by atoms with Gasteiger partial charge in [-0.15, -0.1) is 11.8 Å². The van der Waals surface area contributed by atoms with E-state index in [-0.39, 0.29) is 11.8 Å². The molecule has 2 aromatic rings. The van der Waals surface area contributed by atoms with E-state index in [1.807, 2.05) is 36.9 Å². The summed E-state index contributed by atoms with van der Waals surface area (Å²) in [4.78, 5) is 6.98. The summed E-state index contributed by atoms with van der Waals surface area (Å²) in [5.74, 6) is 0. The molecular formula is C19H24ClF3N2S. The molecule has 0 amide bonds. The molecule has 2 nitrogen and oxygen atoms in total. The van der Waals surface area contributed by atoms with Gasteiger partial charge in [-0.2, -0.15) is 13.2 Å². The smallest absolute Gasteiger partial charge is 0.302 e. The van der Waals surface area contributed by atoms with Gasteiger partial charge in [0.15, 0.2) is 0 Å². The highest BCUT2D eigenvalue weighted by atomic mass is 35.5. The predicted octanol–water partition coefficient (Wildman–Crippen LogP) is 6.42. The molecule has 144 valence electrons. The number of hydrogen-bond donors (Lipinski definition) is 0. The van der Waals surface area contributed by atoms with Crippen LogP contribution in [0, 0.1) is 0 Å². The Morgan fingerprint density at radius 1 is 1.27 bits per heavy atom. The van der Waals surface area contributed by atoms with Crippen LogP contribution in [0.5, 0.6) is 0 Å². The summed E-state index contributed by atoms with van der Waals surface area (Å²) < 4.78 is 37.2. The first-order valence-electron chi connectivity index (χ1n) is 8.90. The largest absolute Gasteiger partial charge is 0.390 e. The summed E-state index contributed by atoms with van der Waals surface area (Å²) in [6.45, 7) is 5.49. The number of likely N-dealkylation sites (tertiary alicyclic amines) is 1. The first-order valence-corrected chi connectivity index (χ1v) is 10.2. The molecule has 0 saturated carbocycles. The number of pyridine rings is 1. The summed E-state index contributed by atoms with van der Waals surface area (Å²) in [5.41, 5.74) is 0. The van der Waals surface area contributed by atoms with Gasteiger partial charge < -0.3 is 4.90 Å². The van der Waals surface area contributed by atoms with E-state index in [1.165, 1.54) is 0 Å². The van der Waals surface area contributed by atoms with E-state index in [0.717, 1.165) is 35.1 Å². The van der Waals surface area contributed by atoms with Gasteiger partial charge in [0.25, 0.3) is 0 Å². The Labute approximate surface area is 162 Å². The first kappa shape index (κ1) is 21.3. The molecule has 0 aliphatic carbocycles. The molecule has 2 heterocycles. The van der Waals surface area contributed by atoms with Gasteiger partial charge in [0.2, 0.25) is 0 Å². The normalized spacial score (nSPS) is 18.5. The van der Waals surface area contributed by atoms with E-state index in [1.54, 1.807) is 24.2 Å². The molecule has 26 heavy (non-hydrogen) atoms. The third-order valence-electron chi connectivity index (χ3n) is 4.16. The number of rotatable bonds is 4. The molecule has 1 fully saturated rings. The highest BCUT2D eigenvalue weighted by molar-refractivity contribution is 8.00. The van der Waals surface area contributed by atoms with Crippen LogP contribution in [-0.4, -0.2) is 40.9 Å². The number of fused-ring (bicyclic) bond motifs is 1. The highest BCUT2D eigenvalue weighted by Gasteiger charge is 2.29. The molecule has 1 aromatic carbocycles. The minimum atomic E-state index is -4.09. The van der Waals surface area contributed by atoms with Crippen molar-refractivity contribution in [1.29, 1.82) is 0 Å². The first-order chi connectivity index (χ1) is 12.4. The maximum atomic E-state index is 12.4. The molecule has 7 heteroatoms. The van der Waals surface area contributed by atoms with Crippen LogP contribution < -0.4 is 0 Å². The second-order valence-electron chi connectivity index (χ2n) is 6.05. The van der Waals surface area contributed by atoms with Crippen LogP contribution in [0.2, 0.25) is 5.02 Å². The summed E-state index contributed by atoms with van der Waals surface area (Å²) >= 11 is 8.04. The van der Waals surface area contributed by atoms with E-state index >= 15 is 0 Å². The molecule has 1 aliphatic rings. The third kappa shape index (κ3) is 6.32. The van der Waals surface area contributed by atoms with Crippen LogP contribution >= 0.6 is 23.4 Å². The van der Waals surface area contributed by atoms with Gasteiger partial charge in [-0.3, -0.25) is 4.98 Å². The van der Waals surface area contributed by atoms with E-state index in [0.29, 0.717) is 11.6 Å². The predicted molar refractivity (Wildman–Crippen MR) is 104 cm³/mol. The quantitative estimate of drug-likeness (QED) is 0.584. The zero-order valence-corrected chi connectivity index (χ0v) is 16.6. The summed E-state index contributed by atoms with van der Waals surface area (Å²) in [7, 11) is 0. The standard InChI is InChI=1S/C17H18ClF3N2S.C2H6/c18-15-8-13-10-22-5-3-12(13)9-16(15)24-14-2-1-6-23(11-14)7-4-17(19,20)21;1-2/h3,5,8-10,14H,1-2,4,6-7,11H2;1-2H3. The minimum absolute atomic E-state index is 0.0810. The topological polar surface area (TPSA) is 16.1 Å². The van der Waals surface area contributed by atoms with Crippen molar-refractivity contribution in [3.05, 3.63) is 35.6 Å². The monoisotopic (exact) mass is 404 g/mol. The van der Waals surface area contributed by atoms with Crippen LogP contribution in [0.4, 0.5) is 13.2 Å². The van der Waals surface area contributed by atoms with Crippen LogP contribution in [0.25, 0.3) is 10.8 Å². The van der Waals surface area contributed by atoms with Crippen LogP contribution in [0.3, 0.4) is 0 Å². The molecule has 3 rings (SSSR count). The molecule has 0 N–H and O–H groups in total. The second kappa shape index (κ2) is 9.81. The summed E-state index contributed by atoms with van der Waals surface area (Å²) in [6.07, 6.45) is 0.603. The van der Waals surface area contributed by atoms with Crippen molar-refractivity contribution in [1.82, 2.24) is 9.88 Å². The zero-order valence-electron chi connectivity index (χ0n) is 15.0. The SMILES string of the molecule is CC.FC(F)(F)CCN1CCCC(Sc2cc3ccncc3cc2Cl)C1.